The topological polar surface area (TPSA) is 78.8 Å². The van der Waals surface area contributed by atoms with E-state index in [1.807, 2.05) is 4.90 Å². The molecule has 0 N–H and O–H groups in total. The first-order chi connectivity index (χ1) is 16.4. The summed E-state index contributed by atoms with van der Waals surface area (Å²) < 4.78 is 15.6. The molecule has 2 aromatic heterocycles. The van der Waals surface area contributed by atoms with E-state index in [2.05, 4.69) is 4.98 Å². The van der Waals surface area contributed by atoms with Crippen molar-refractivity contribution in [3.63, 3.8) is 0 Å². The highest BCUT2D eigenvalue weighted by Crippen LogP contribution is 2.29. The molecule has 2 fully saturated rings. The number of nitrogens with zero attached hydrogens (tertiary/aromatic N) is 5. The molecule has 0 aliphatic carbocycles. The van der Waals surface area contributed by atoms with Crippen LogP contribution in [0.2, 0.25) is 0 Å². The molecule has 4 heterocycles. The molecule has 8 nitrogen and oxygen atoms in total. The molecular formula is C24H26FN5O3S. The monoisotopic (exact) mass is 483 g/mol. The van der Waals surface area contributed by atoms with Crippen LogP contribution in [0, 0.1) is 12.7 Å². The summed E-state index contributed by atoms with van der Waals surface area (Å²) in [4.78, 5) is 49.3. The standard InChI is InChI=1S/C24H26FN5O3S/c1-16-20-22(26-15-30(23(20)32)14-11-28-8-4-7-19(28)31)34-21(16)24(33)29-12-9-27(10-13-29)18-6-3-2-5-17(18)25/h2-3,5-6,15H,4,7-14H2,1H3. The fourth-order valence-corrected chi connectivity index (χ4v) is 5.80. The molecule has 1 aromatic carbocycles. The van der Waals surface area contributed by atoms with E-state index in [-0.39, 0.29) is 23.2 Å². The number of hydrogen-bond donors (Lipinski definition) is 0. The van der Waals surface area contributed by atoms with Crippen molar-refractivity contribution < 1.29 is 14.0 Å². The van der Waals surface area contributed by atoms with Crippen LogP contribution in [0.4, 0.5) is 10.1 Å². The number of benzene rings is 1. The van der Waals surface area contributed by atoms with Gasteiger partial charge < -0.3 is 14.7 Å². The van der Waals surface area contributed by atoms with Crippen LogP contribution >= 0.6 is 11.3 Å². The normalized spacial score (nSPS) is 16.6. The van der Waals surface area contributed by atoms with Crippen molar-refractivity contribution >= 4 is 39.1 Å². The van der Waals surface area contributed by atoms with Gasteiger partial charge in [-0.1, -0.05) is 12.1 Å². The molecule has 5 rings (SSSR count). The predicted octanol–water partition coefficient (Wildman–Crippen LogP) is 2.49. The number of thiophene rings is 1. The maximum Gasteiger partial charge on any atom is 0.264 e. The van der Waals surface area contributed by atoms with Crippen LogP contribution in [-0.4, -0.2) is 70.4 Å². The Bertz CT molecular complexity index is 1310. The first-order valence-corrected chi connectivity index (χ1v) is 12.3. The molecule has 0 saturated carbocycles. The van der Waals surface area contributed by atoms with Crippen LogP contribution in [-0.2, 0) is 11.3 Å². The molecule has 2 aliphatic heterocycles. The highest BCUT2D eigenvalue weighted by molar-refractivity contribution is 7.20. The smallest absolute Gasteiger partial charge is 0.264 e. The molecule has 0 spiro atoms. The van der Waals surface area contributed by atoms with Gasteiger partial charge in [-0.25, -0.2) is 9.37 Å². The summed E-state index contributed by atoms with van der Waals surface area (Å²) in [6, 6.07) is 6.66. The van der Waals surface area contributed by atoms with Crippen LogP contribution in [0.1, 0.15) is 28.1 Å². The molecule has 0 bridgehead atoms. The van der Waals surface area contributed by atoms with E-state index >= 15 is 0 Å². The van der Waals surface area contributed by atoms with E-state index in [9.17, 15) is 18.8 Å². The minimum atomic E-state index is -0.265. The first-order valence-electron chi connectivity index (χ1n) is 11.5. The van der Waals surface area contributed by atoms with Gasteiger partial charge in [-0.15, -0.1) is 11.3 Å². The van der Waals surface area contributed by atoms with E-state index < -0.39 is 0 Å². The van der Waals surface area contributed by atoms with Crippen molar-refractivity contribution in [2.24, 2.45) is 0 Å². The average molecular weight is 484 g/mol. The highest BCUT2D eigenvalue weighted by Gasteiger charge is 2.27. The summed E-state index contributed by atoms with van der Waals surface area (Å²) in [5.74, 6) is -0.266. The zero-order valence-electron chi connectivity index (χ0n) is 19.0. The second-order valence-corrected chi connectivity index (χ2v) is 9.69. The van der Waals surface area contributed by atoms with Gasteiger partial charge >= 0.3 is 0 Å². The number of fused-ring (bicyclic) bond motifs is 1. The number of carbonyl (C=O) groups excluding carboxylic acids is 2. The Morgan fingerprint density at radius 3 is 2.56 bits per heavy atom. The van der Waals surface area contributed by atoms with E-state index in [1.165, 1.54) is 28.3 Å². The van der Waals surface area contributed by atoms with Gasteiger partial charge in [0.25, 0.3) is 11.5 Å². The summed E-state index contributed by atoms with van der Waals surface area (Å²) in [5.41, 5.74) is 1.01. The quantitative estimate of drug-likeness (QED) is 0.557. The highest BCUT2D eigenvalue weighted by atomic mass is 32.1. The number of aryl methyl sites for hydroxylation is 1. The molecule has 3 aromatic rings. The van der Waals surface area contributed by atoms with Crippen molar-refractivity contribution in [1.29, 1.82) is 0 Å². The third-order valence-electron chi connectivity index (χ3n) is 6.65. The Kier molecular flexibility index (Phi) is 6.07. The molecule has 34 heavy (non-hydrogen) atoms. The fraction of sp³-hybridized carbons (Fsp3) is 0.417. The SMILES string of the molecule is Cc1c(C(=O)N2CCN(c3ccccc3F)CC2)sc2ncn(CCN3CCCC3=O)c(=O)c12. The van der Waals surface area contributed by atoms with Crippen LogP contribution in [0.5, 0.6) is 0 Å². The van der Waals surface area contributed by atoms with Gasteiger partial charge in [0, 0.05) is 52.2 Å². The Hall–Kier alpha value is -3.27. The number of hydrogen-bond acceptors (Lipinski definition) is 6. The maximum absolute atomic E-state index is 14.1. The molecule has 0 atom stereocenters. The molecular weight excluding hydrogens is 457 g/mol. The average Bonchev–Trinajstić information content (AvgIpc) is 3.41. The molecule has 2 aliphatic rings. The third-order valence-corrected chi connectivity index (χ3v) is 7.84. The van der Waals surface area contributed by atoms with Gasteiger partial charge in [-0.05, 0) is 31.0 Å². The number of halogens is 1. The molecule has 10 heteroatoms. The Morgan fingerprint density at radius 2 is 1.85 bits per heavy atom. The van der Waals surface area contributed by atoms with Crippen LogP contribution in [0.15, 0.2) is 35.4 Å². The van der Waals surface area contributed by atoms with Gasteiger partial charge in [-0.2, -0.15) is 0 Å². The molecule has 2 amide bonds. The van der Waals surface area contributed by atoms with E-state index in [0.29, 0.717) is 72.0 Å². The number of aromatic nitrogens is 2. The van der Waals surface area contributed by atoms with E-state index in [0.717, 1.165) is 13.0 Å². The summed E-state index contributed by atoms with van der Waals surface area (Å²) in [7, 11) is 0. The van der Waals surface area contributed by atoms with Crippen molar-refractivity contribution in [2.45, 2.75) is 26.3 Å². The summed E-state index contributed by atoms with van der Waals surface area (Å²) >= 11 is 1.24. The second kappa shape index (κ2) is 9.17. The molecule has 0 unspecified atom stereocenters. The lowest BCUT2D eigenvalue weighted by molar-refractivity contribution is -0.127. The number of anilines is 1. The zero-order chi connectivity index (χ0) is 23.8. The first kappa shape index (κ1) is 22.5. The Morgan fingerprint density at radius 1 is 1.09 bits per heavy atom. The second-order valence-electron chi connectivity index (χ2n) is 8.69. The largest absolute Gasteiger partial charge is 0.366 e. The third kappa shape index (κ3) is 4.06. The van der Waals surface area contributed by atoms with Crippen molar-refractivity contribution in [3.8, 4) is 0 Å². The van der Waals surface area contributed by atoms with Crippen LogP contribution in [0.3, 0.4) is 0 Å². The van der Waals surface area contributed by atoms with Crippen LogP contribution < -0.4 is 10.5 Å². The molecule has 2 saturated heterocycles. The van der Waals surface area contributed by atoms with Gasteiger partial charge in [0.15, 0.2) is 0 Å². The lowest BCUT2D eigenvalue weighted by Crippen LogP contribution is -2.49. The lowest BCUT2D eigenvalue weighted by Gasteiger charge is -2.36. The van der Waals surface area contributed by atoms with Crippen molar-refractivity contribution in [1.82, 2.24) is 19.4 Å². The summed E-state index contributed by atoms with van der Waals surface area (Å²) in [6.07, 6.45) is 2.92. The van der Waals surface area contributed by atoms with Crippen LogP contribution in [0.25, 0.3) is 10.2 Å². The molecule has 0 radical (unpaired) electrons. The fourth-order valence-electron chi connectivity index (χ4n) is 4.69. The Balaban J connectivity index is 1.32. The van der Waals surface area contributed by atoms with Gasteiger partial charge in [-0.3, -0.25) is 19.0 Å². The Labute approximate surface area is 200 Å². The summed E-state index contributed by atoms with van der Waals surface area (Å²) in [5, 5.41) is 0.466. The van der Waals surface area contributed by atoms with Gasteiger partial charge in [0.05, 0.1) is 22.3 Å². The van der Waals surface area contributed by atoms with Gasteiger partial charge in [0.1, 0.15) is 10.6 Å². The van der Waals surface area contributed by atoms with Crippen molar-refractivity contribution in [3.05, 3.63) is 57.2 Å². The van der Waals surface area contributed by atoms with Gasteiger partial charge in [0.2, 0.25) is 5.91 Å². The lowest BCUT2D eigenvalue weighted by atomic mass is 10.2. The number of para-hydroxylation sites is 1. The van der Waals surface area contributed by atoms with E-state index in [1.54, 1.807) is 34.9 Å². The van der Waals surface area contributed by atoms with Crippen molar-refractivity contribution in [2.75, 3.05) is 44.2 Å². The number of piperazine rings is 1. The number of rotatable bonds is 5. The number of amides is 2. The number of carbonyl (C=O) groups is 2. The number of likely N-dealkylation sites (tertiary alicyclic amines) is 1. The minimum absolute atomic E-state index is 0.122. The zero-order valence-corrected chi connectivity index (χ0v) is 19.8. The van der Waals surface area contributed by atoms with E-state index in [4.69, 9.17) is 0 Å². The summed E-state index contributed by atoms with van der Waals surface area (Å²) in [6.45, 7) is 5.40. The molecule has 178 valence electrons. The maximum atomic E-state index is 14.1. The predicted molar refractivity (Wildman–Crippen MR) is 129 cm³/mol. The minimum Gasteiger partial charge on any atom is -0.366 e.